The third kappa shape index (κ3) is 2.60. The summed E-state index contributed by atoms with van der Waals surface area (Å²) in [5, 5.41) is 0. The molecule has 1 aliphatic rings. The van der Waals surface area contributed by atoms with Crippen LogP contribution in [0.1, 0.15) is 30.1 Å². The highest BCUT2D eigenvalue weighted by Gasteiger charge is 2.41. The monoisotopic (exact) mass is 252 g/mol. The van der Waals surface area contributed by atoms with Gasteiger partial charge in [0.2, 0.25) is 0 Å². The third-order valence-corrected chi connectivity index (χ3v) is 3.24. The average Bonchev–Trinajstić information content (AvgIpc) is 2.40. The molecule has 1 fully saturated rings. The van der Waals surface area contributed by atoms with Crippen molar-refractivity contribution in [1.82, 2.24) is 0 Å². The summed E-state index contributed by atoms with van der Waals surface area (Å²) in [5.74, 6) is -0.420. The number of carbonyl (C=O) groups excluding carboxylic acids is 1. The number of halogens is 1. The molecular formula is C14H17FO3. The van der Waals surface area contributed by atoms with E-state index in [1.807, 2.05) is 6.92 Å². The van der Waals surface area contributed by atoms with E-state index >= 15 is 0 Å². The second kappa shape index (κ2) is 5.59. The van der Waals surface area contributed by atoms with E-state index in [1.54, 1.807) is 0 Å². The van der Waals surface area contributed by atoms with Gasteiger partial charge < -0.3 is 9.47 Å². The number of ether oxygens (including phenoxy) is 2. The lowest BCUT2D eigenvalue weighted by Crippen LogP contribution is -2.46. The van der Waals surface area contributed by atoms with E-state index in [1.165, 1.54) is 24.3 Å². The molecule has 0 unspecified atom stereocenters. The van der Waals surface area contributed by atoms with Crippen LogP contribution in [-0.4, -0.2) is 31.2 Å². The van der Waals surface area contributed by atoms with E-state index in [-0.39, 0.29) is 11.6 Å². The largest absolute Gasteiger partial charge is 0.381 e. The first-order chi connectivity index (χ1) is 8.68. The Morgan fingerprint density at radius 3 is 2.50 bits per heavy atom. The Balaban J connectivity index is 2.24. The zero-order chi connectivity index (χ0) is 13.0. The molecule has 0 aliphatic carbocycles. The SMILES string of the molecule is CCOC1(C(=O)c2ccc(F)cc2)CCOCC1. The molecule has 1 saturated heterocycles. The summed E-state index contributed by atoms with van der Waals surface area (Å²) in [5.41, 5.74) is -0.308. The van der Waals surface area contributed by atoms with E-state index in [2.05, 4.69) is 0 Å². The maximum Gasteiger partial charge on any atom is 0.194 e. The minimum absolute atomic E-state index is 0.0762. The summed E-state index contributed by atoms with van der Waals surface area (Å²) in [7, 11) is 0. The van der Waals surface area contributed by atoms with Crippen molar-refractivity contribution in [1.29, 1.82) is 0 Å². The van der Waals surface area contributed by atoms with Gasteiger partial charge in [0.15, 0.2) is 5.78 Å². The van der Waals surface area contributed by atoms with Crippen LogP contribution in [0.5, 0.6) is 0 Å². The molecule has 1 heterocycles. The molecule has 2 rings (SSSR count). The molecular weight excluding hydrogens is 235 g/mol. The van der Waals surface area contributed by atoms with Gasteiger partial charge in [0, 0.05) is 38.2 Å². The minimum Gasteiger partial charge on any atom is -0.381 e. The Labute approximate surface area is 106 Å². The fourth-order valence-corrected chi connectivity index (χ4v) is 2.28. The Bertz CT molecular complexity index is 402. The standard InChI is InChI=1S/C14H17FO3/c1-2-18-14(7-9-17-10-8-14)13(16)11-3-5-12(15)6-4-11/h3-6H,2,7-10H2,1H3. The van der Waals surface area contributed by atoms with Gasteiger partial charge in [-0.05, 0) is 31.2 Å². The first-order valence-electron chi connectivity index (χ1n) is 6.20. The van der Waals surface area contributed by atoms with Gasteiger partial charge in [0.1, 0.15) is 11.4 Å². The van der Waals surface area contributed by atoms with Crippen molar-refractivity contribution >= 4 is 5.78 Å². The van der Waals surface area contributed by atoms with Gasteiger partial charge in [-0.25, -0.2) is 4.39 Å². The van der Waals surface area contributed by atoms with Gasteiger partial charge in [0.25, 0.3) is 0 Å². The van der Waals surface area contributed by atoms with Crippen LogP contribution < -0.4 is 0 Å². The zero-order valence-electron chi connectivity index (χ0n) is 10.4. The highest BCUT2D eigenvalue weighted by atomic mass is 19.1. The summed E-state index contributed by atoms with van der Waals surface area (Å²) >= 11 is 0. The summed E-state index contributed by atoms with van der Waals surface area (Å²) in [4.78, 5) is 12.5. The summed E-state index contributed by atoms with van der Waals surface area (Å²) in [6.07, 6.45) is 1.11. The Hall–Kier alpha value is -1.26. The van der Waals surface area contributed by atoms with Crippen molar-refractivity contribution in [3.8, 4) is 0 Å². The highest BCUT2D eigenvalue weighted by molar-refractivity contribution is 6.02. The Morgan fingerprint density at radius 2 is 1.94 bits per heavy atom. The summed E-state index contributed by atoms with van der Waals surface area (Å²) in [6.45, 7) is 3.39. The van der Waals surface area contributed by atoms with Crippen LogP contribution >= 0.6 is 0 Å². The van der Waals surface area contributed by atoms with Gasteiger partial charge in [-0.3, -0.25) is 4.79 Å². The molecule has 0 spiro atoms. The molecule has 0 bridgehead atoms. The Morgan fingerprint density at radius 1 is 1.33 bits per heavy atom. The van der Waals surface area contributed by atoms with Crippen molar-refractivity contribution in [3.05, 3.63) is 35.6 Å². The maximum absolute atomic E-state index is 12.9. The molecule has 4 heteroatoms. The fraction of sp³-hybridized carbons (Fsp3) is 0.500. The molecule has 0 N–H and O–H groups in total. The maximum atomic E-state index is 12.9. The van der Waals surface area contributed by atoms with Gasteiger partial charge in [-0.2, -0.15) is 0 Å². The van der Waals surface area contributed by atoms with Crippen LogP contribution in [0, 0.1) is 5.82 Å². The van der Waals surface area contributed by atoms with Crippen LogP contribution in [0.3, 0.4) is 0 Å². The Kier molecular flexibility index (Phi) is 4.09. The van der Waals surface area contributed by atoms with Gasteiger partial charge >= 0.3 is 0 Å². The van der Waals surface area contributed by atoms with E-state index in [4.69, 9.17) is 9.47 Å². The quantitative estimate of drug-likeness (QED) is 0.773. The molecule has 0 saturated carbocycles. The van der Waals surface area contributed by atoms with E-state index < -0.39 is 5.60 Å². The van der Waals surface area contributed by atoms with Crippen LogP contribution in [-0.2, 0) is 9.47 Å². The lowest BCUT2D eigenvalue weighted by atomic mass is 9.85. The van der Waals surface area contributed by atoms with Crippen LogP contribution in [0.15, 0.2) is 24.3 Å². The number of hydrogen-bond acceptors (Lipinski definition) is 3. The molecule has 1 aromatic carbocycles. The highest BCUT2D eigenvalue weighted by Crippen LogP contribution is 2.29. The normalized spacial score (nSPS) is 18.6. The van der Waals surface area contributed by atoms with Crippen molar-refractivity contribution < 1.29 is 18.7 Å². The summed E-state index contributed by atoms with van der Waals surface area (Å²) in [6, 6.07) is 5.61. The number of carbonyl (C=O) groups is 1. The molecule has 1 aromatic rings. The minimum atomic E-state index is -0.801. The number of hydrogen-bond donors (Lipinski definition) is 0. The second-order valence-corrected chi connectivity index (χ2v) is 4.38. The third-order valence-electron chi connectivity index (χ3n) is 3.24. The predicted octanol–water partition coefficient (Wildman–Crippen LogP) is 2.59. The molecule has 3 nitrogen and oxygen atoms in total. The van der Waals surface area contributed by atoms with Crippen LogP contribution in [0.25, 0.3) is 0 Å². The molecule has 1 aliphatic heterocycles. The van der Waals surface area contributed by atoms with E-state index in [0.29, 0.717) is 38.2 Å². The van der Waals surface area contributed by atoms with Crippen molar-refractivity contribution in [2.75, 3.05) is 19.8 Å². The number of ketones is 1. The van der Waals surface area contributed by atoms with Gasteiger partial charge in [-0.15, -0.1) is 0 Å². The van der Waals surface area contributed by atoms with E-state index in [0.717, 1.165) is 0 Å². The first kappa shape index (κ1) is 13.2. The lowest BCUT2D eigenvalue weighted by Gasteiger charge is -2.35. The van der Waals surface area contributed by atoms with Crippen LogP contribution in [0.2, 0.25) is 0 Å². The molecule has 0 amide bonds. The van der Waals surface area contributed by atoms with Crippen LogP contribution in [0.4, 0.5) is 4.39 Å². The fourth-order valence-electron chi connectivity index (χ4n) is 2.28. The molecule has 18 heavy (non-hydrogen) atoms. The van der Waals surface area contributed by atoms with Crippen molar-refractivity contribution in [2.45, 2.75) is 25.4 Å². The molecule has 0 atom stereocenters. The molecule has 0 aromatic heterocycles. The number of benzene rings is 1. The van der Waals surface area contributed by atoms with Gasteiger partial charge in [-0.1, -0.05) is 0 Å². The smallest absolute Gasteiger partial charge is 0.194 e. The number of rotatable bonds is 4. The molecule has 98 valence electrons. The molecule has 0 radical (unpaired) electrons. The second-order valence-electron chi connectivity index (χ2n) is 4.38. The first-order valence-corrected chi connectivity index (χ1v) is 6.20. The zero-order valence-corrected chi connectivity index (χ0v) is 10.4. The topological polar surface area (TPSA) is 35.5 Å². The number of Topliss-reactive ketones (excluding diaryl/α,β-unsaturated/α-hetero) is 1. The predicted molar refractivity (Wildman–Crippen MR) is 65.1 cm³/mol. The van der Waals surface area contributed by atoms with Crippen molar-refractivity contribution in [3.63, 3.8) is 0 Å². The summed E-state index contributed by atoms with van der Waals surface area (Å²) < 4.78 is 23.9. The van der Waals surface area contributed by atoms with Gasteiger partial charge in [0.05, 0.1) is 0 Å². The average molecular weight is 252 g/mol. The van der Waals surface area contributed by atoms with Crippen molar-refractivity contribution in [2.24, 2.45) is 0 Å². The lowest BCUT2D eigenvalue weighted by molar-refractivity contribution is -0.0822. The van der Waals surface area contributed by atoms with E-state index in [9.17, 15) is 9.18 Å².